The highest BCUT2D eigenvalue weighted by atomic mass is 16.2. The molecule has 0 aromatic carbocycles. The van der Waals surface area contributed by atoms with E-state index in [1.165, 1.54) is 0 Å². The third-order valence-electron chi connectivity index (χ3n) is 2.54. The van der Waals surface area contributed by atoms with Crippen molar-refractivity contribution in [3.05, 3.63) is 0 Å². The highest BCUT2D eigenvalue weighted by Gasteiger charge is 2.26. The Morgan fingerprint density at radius 3 is 2.40 bits per heavy atom. The molecule has 0 aromatic heterocycles. The van der Waals surface area contributed by atoms with Crippen LogP contribution in [0.2, 0.25) is 0 Å². The quantitative estimate of drug-likeness (QED) is 0.728. The lowest BCUT2D eigenvalue weighted by Crippen LogP contribution is -2.55. The molecule has 1 unspecified atom stereocenters. The standard InChI is InChI=1S/C11H25N3O/c1-6-14(5)10(15)13-11(4,8-12)7-9(2)3/h9H,6-8,12H2,1-5H3,(H,13,15). The molecule has 0 heterocycles. The fraction of sp³-hybridized carbons (Fsp3) is 0.909. The van der Waals surface area contributed by atoms with Crippen molar-refractivity contribution < 1.29 is 4.79 Å². The highest BCUT2D eigenvalue weighted by Crippen LogP contribution is 2.15. The molecule has 2 amide bonds. The van der Waals surface area contributed by atoms with Crippen LogP contribution in [0.4, 0.5) is 4.79 Å². The third kappa shape index (κ3) is 5.02. The van der Waals surface area contributed by atoms with Crippen LogP contribution in [-0.4, -0.2) is 36.6 Å². The number of carbonyl (C=O) groups is 1. The highest BCUT2D eigenvalue weighted by molar-refractivity contribution is 5.74. The minimum Gasteiger partial charge on any atom is -0.332 e. The molecule has 0 fully saturated rings. The Bertz CT molecular complexity index is 206. The fourth-order valence-electron chi connectivity index (χ4n) is 1.58. The summed E-state index contributed by atoms with van der Waals surface area (Å²) in [4.78, 5) is 13.3. The smallest absolute Gasteiger partial charge is 0.317 e. The number of hydrogen-bond donors (Lipinski definition) is 2. The molecule has 0 saturated carbocycles. The normalized spacial score (nSPS) is 14.9. The van der Waals surface area contributed by atoms with Gasteiger partial charge in [-0.15, -0.1) is 0 Å². The molecule has 0 radical (unpaired) electrons. The summed E-state index contributed by atoms with van der Waals surface area (Å²) >= 11 is 0. The number of rotatable bonds is 5. The Morgan fingerprint density at radius 1 is 1.53 bits per heavy atom. The van der Waals surface area contributed by atoms with Crippen LogP contribution in [0, 0.1) is 5.92 Å². The molecule has 0 aliphatic rings. The lowest BCUT2D eigenvalue weighted by molar-refractivity contribution is 0.192. The molecule has 0 rings (SSSR count). The number of nitrogens with two attached hydrogens (primary N) is 1. The molecular weight excluding hydrogens is 190 g/mol. The lowest BCUT2D eigenvalue weighted by Gasteiger charge is -2.33. The molecule has 4 heteroatoms. The Kier molecular flexibility index (Phi) is 5.65. The average molecular weight is 215 g/mol. The molecule has 0 spiro atoms. The van der Waals surface area contributed by atoms with Crippen molar-refractivity contribution in [2.24, 2.45) is 11.7 Å². The zero-order chi connectivity index (χ0) is 12.1. The summed E-state index contributed by atoms with van der Waals surface area (Å²) in [6.45, 7) is 9.37. The Morgan fingerprint density at radius 2 is 2.07 bits per heavy atom. The van der Waals surface area contributed by atoms with Crippen molar-refractivity contribution in [3.8, 4) is 0 Å². The predicted octanol–water partition coefficient (Wildman–Crippen LogP) is 1.41. The van der Waals surface area contributed by atoms with E-state index in [1.54, 1.807) is 11.9 Å². The second-order valence-electron chi connectivity index (χ2n) is 4.81. The first kappa shape index (κ1) is 14.2. The zero-order valence-electron chi connectivity index (χ0n) is 10.6. The second-order valence-corrected chi connectivity index (χ2v) is 4.81. The van der Waals surface area contributed by atoms with Crippen LogP contribution in [0.1, 0.15) is 34.1 Å². The van der Waals surface area contributed by atoms with E-state index in [9.17, 15) is 4.79 Å². The molecule has 3 N–H and O–H groups in total. The summed E-state index contributed by atoms with van der Waals surface area (Å²) in [6, 6.07) is -0.0499. The molecule has 90 valence electrons. The summed E-state index contributed by atoms with van der Waals surface area (Å²) in [7, 11) is 1.78. The molecule has 1 atom stereocenters. The van der Waals surface area contributed by atoms with Crippen LogP contribution in [-0.2, 0) is 0 Å². The molecule has 0 bridgehead atoms. The number of nitrogens with zero attached hydrogens (tertiary/aromatic N) is 1. The third-order valence-corrected chi connectivity index (χ3v) is 2.54. The van der Waals surface area contributed by atoms with Crippen LogP contribution < -0.4 is 11.1 Å². The van der Waals surface area contributed by atoms with Gasteiger partial charge in [-0.25, -0.2) is 4.79 Å². The maximum absolute atomic E-state index is 11.7. The summed E-state index contributed by atoms with van der Waals surface area (Å²) in [6.07, 6.45) is 0.896. The Balaban J connectivity index is 4.36. The molecular formula is C11H25N3O. The van der Waals surface area contributed by atoms with Crippen LogP contribution in [0.5, 0.6) is 0 Å². The van der Waals surface area contributed by atoms with Crippen LogP contribution in [0.3, 0.4) is 0 Å². The van der Waals surface area contributed by atoms with Crippen molar-refractivity contribution in [3.63, 3.8) is 0 Å². The van der Waals surface area contributed by atoms with Crippen molar-refractivity contribution in [2.75, 3.05) is 20.1 Å². The van der Waals surface area contributed by atoms with Crippen molar-refractivity contribution in [2.45, 2.75) is 39.7 Å². The summed E-state index contributed by atoms with van der Waals surface area (Å²) < 4.78 is 0. The molecule has 0 aromatic rings. The van der Waals surface area contributed by atoms with Gasteiger partial charge in [-0.1, -0.05) is 13.8 Å². The van der Waals surface area contributed by atoms with Crippen molar-refractivity contribution in [1.29, 1.82) is 0 Å². The zero-order valence-corrected chi connectivity index (χ0v) is 10.6. The van der Waals surface area contributed by atoms with E-state index >= 15 is 0 Å². The first-order valence-corrected chi connectivity index (χ1v) is 5.58. The topological polar surface area (TPSA) is 58.4 Å². The van der Waals surface area contributed by atoms with Gasteiger partial charge in [0.2, 0.25) is 0 Å². The minimum absolute atomic E-state index is 0.0499. The minimum atomic E-state index is -0.297. The summed E-state index contributed by atoms with van der Waals surface area (Å²) in [5.41, 5.74) is 5.42. The largest absolute Gasteiger partial charge is 0.332 e. The number of hydrogen-bond acceptors (Lipinski definition) is 2. The average Bonchev–Trinajstić information content (AvgIpc) is 2.15. The van der Waals surface area contributed by atoms with Gasteiger partial charge in [0.25, 0.3) is 0 Å². The summed E-state index contributed by atoms with van der Waals surface area (Å²) in [5, 5.41) is 2.99. The fourth-order valence-corrected chi connectivity index (χ4v) is 1.58. The van der Waals surface area contributed by atoms with Gasteiger partial charge in [0.05, 0.1) is 5.54 Å². The molecule has 0 saturated heterocycles. The number of urea groups is 1. The molecule has 4 nitrogen and oxygen atoms in total. The van der Waals surface area contributed by atoms with Crippen molar-refractivity contribution >= 4 is 6.03 Å². The van der Waals surface area contributed by atoms with Gasteiger partial charge in [-0.3, -0.25) is 0 Å². The van der Waals surface area contributed by atoms with E-state index in [1.807, 2.05) is 13.8 Å². The van der Waals surface area contributed by atoms with E-state index in [0.717, 1.165) is 6.42 Å². The lowest BCUT2D eigenvalue weighted by atomic mass is 9.91. The second kappa shape index (κ2) is 5.95. The van der Waals surface area contributed by atoms with Gasteiger partial charge >= 0.3 is 6.03 Å². The maximum Gasteiger partial charge on any atom is 0.317 e. The SMILES string of the molecule is CCN(C)C(=O)NC(C)(CN)CC(C)C. The van der Waals surface area contributed by atoms with Gasteiger partial charge in [0.1, 0.15) is 0 Å². The molecule has 0 aliphatic carbocycles. The van der Waals surface area contributed by atoms with Gasteiger partial charge in [0.15, 0.2) is 0 Å². The monoisotopic (exact) mass is 215 g/mol. The molecule has 15 heavy (non-hydrogen) atoms. The van der Waals surface area contributed by atoms with Crippen LogP contribution in [0.15, 0.2) is 0 Å². The van der Waals surface area contributed by atoms with Crippen LogP contribution in [0.25, 0.3) is 0 Å². The molecule has 0 aliphatic heterocycles. The van der Waals surface area contributed by atoms with E-state index in [-0.39, 0.29) is 11.6 Å². The number of carbonyl (C=O) groups excluding carboxylic acids is 1. The van der Waals surface area contributed by atoms with E-state index in [2.05, 4.69) is 19.2 Å². The van der Waals surface area contributed by atoms with E-state index in [0.29, 0.717) is 19.0 Å². The van der Waals surface area contributed by atoms with Gasteiger partial charge < -0.3 is 16.0 Å². The van der Waals surface area contributed by atoms with E-state index in [4.69, 9.17) is 5.73 Å². The first-order valence-electron chi connectivity index (χ1n) is 5.58. The summed E-state index contributed by atoms with van der Waals surface area (Å²) in [5.74, 6) is 0.519. The predicted molar refractivity (Wildman–Crippen MR) is 63.8 cm³/mol. The van der Waals surface area contributed by atoms with Gasteiger partial charge in [-0.2, -0.15) is 0 Å². The van der Waals surface area contributed by atoms with E-state index < -0.39 is 0 Å². The first-order chi connectivity index (χ1) is 6.84. The van der Waals surface area contributed by atoms with Gasteiger partial charge in [0, 0.05) is 20.1 Å². The number of nitrogens with one attached hydrogen (secondary N) is 1. The maximum atomic E-state index is 11.7. The Labute approximate surface area is 93.2 Å². The van der Waals surface area contributed by atoms with Crippen LogP contribution >= 0.6 is 0 Å². The van der Waals surface area contributed by atoms with Crippen molar-refractivity contribution in [1.82, 2.24) is 10.2 Å². The number of amides is 2. The Hall–Kier alpha value is -0.770. The van der Waals surface area contributed by atoms with Gasteiger partial charge in [-0.05, 0) is 26.2 Å².